The molecule has 7 heteroatoms. The van der Waals surface area contributed by atoms with Gasteiger partial charge in [0.05, 0.1) is 7.11 Å². The number of hydrogen-bond donors (Lipinski definition) is 2. The Morgan fingerprint density at radius 1 is 1.65 bits per heavy atom. The Labute approximate surface area is 104 Å². The number of esters is 1. The van der Waals surface area contributed by atoms with Crippen LogP contribution >= 0.6 is 11.8 Å². The summed E-state index contributed by atoms with van der Waals surface area (Å²) in [5.41, 5.74) is 0. The molecule has 96 valence electrons. The van der Waals surface area contributed by atoms with Crippen LogP contribution in [0.25, 0.3) is 0 Å². The summed E-state index contributed by atoms with van der Waals surface area (Å²) in [6.45, 7) is 0. The van der Waals surface area contributed by atoms with Crippen molar-refractivity contribution in [3.05, 3.63) is 0 Å². The first kappa shape index (κ1) is 13.8. The third kappa shape index (κ3) is 3.92. The minimum atomic E-state index is -0.667. The fourth-order valence-corrected chi connectivity index (χ4v) is 2.11. The quantitative estimate of drug-likeness (QED) is 0.638. The van der Waals surface area contributed by atoms with Crippen LogP contribution in [0.3, 0.4) is 0 Å². The Morgan fingerprint density at radius 2 is 2.35 bits per heavy atom. The fourth-order valence-electron chi connectivity index (χ4n) is 1.56. The van der Waals surface area contributed by atoms with E-state index in [2.05, 4.69) is 15.4 Å². The maximum Gasteiger partial charge on any atom is 0.329 e. The molecule has 0 aliphatic carbocycles. The number of amides is 2. The second-order valence-corrected chi connectivity index (χ2v) is 4.61. The van der Waals surface area contributed by atoms with Gasteiger partial charge in [0.15, 0.2) is 0 Å². The summed E-state index contributed by atoms with van der Waals surface area (Å²) >= 11 is 1.44. The smallest absolute Gasteiger partial charge is 0.329 e. The topological polar surface area (TPSA) is 84.5 Å². The zero-order valence-electron chi connectivity index (χ0n) is 9.82. The molecule has 17 heavy (non-hydrogen) atoms. The van der Waals surface area contributed by atoms with Crippen molar-refractivity contribution >= 4 is 29.5 Å². The second-order valence-electron chi connectivity index (χ2n) is 3.70. The number of nitrogens with one attached hydrogen (secondary N) is 2. The lowest BCUT2D eigenvalue weighted by Crippen LogP contribution is -2.50. The number of carbonyl (C=O) groups excluding carboxylic acids is 3. The Hall–Kier alpha value is -1.24. The Bertz CT molecular complexity index is 321. The van der Waals surface area contributed by atoms with E-state index >= 15 is 0 Å². The zero-order valence-corrected chi connectivity index (χ0v) is 10.6. The van der Waals surface area contributed by atoms with E-state index in [9.17, 15) is 14.4 Å². The number of rotatable bonds is 5. The van der Waals surface area contributed by atoms with Crippen molar-refractivity contribution in [2.75, 3.05) is 19.1 Å². The van der Waals surface area contributed by atoms with Crippen LogP contribution in [-0.2, 0) is 19.1 Å². The maximum absolute atomic E-state index is 11.8. The molecule has 1 aliphatic heterocycles. The fraction of sp³-hybridized carbons (Fsp3) is 0.700. The van der Waals surface area contributed by atoms with Gasteiger partial charge in [0.25, 0.3) is 0 Å². The standard InChI is InChI=1S/C10H16N2O4S/c1-16-10(15)7(5-17-2)12-9(14)6-3-4-8(13)11-6/h6-7H,3-5H2,1-2H3,(H,11,13)(H,12,14)/t6-,7-/m0/s1. The molecule has 1 heterocycles. The van der Waals surface area contributed by atoms with E-state index in [4.69, 9.17) is 0 Å². The molecule has 0 bridgehead atoms. The predicted molar refractivity (Wildman–Crippen MR) is 63.5 cm³/mol. The number of carbonyl (C=O) groups is 3. The van der Waals surface area contributed by atoms with Crippen molar-refractivity contribution in [1.29, 1.82) is 0 Å². The van der Waals surface area contributed by atoms with Gasteiger partial charge in [-0.25, -0.2) is 4.79 Å². The van der Waals surface area contributed by atoms with Crippen LogP contribution in [0.15, 0.2) is 0 Å². The minimum absolute atomic E-state index is 0.135. The van der Waals surface area contributed by atoms with Gasteiger partial charge in [-0.05, 0) is 12.7 Å². The summed E-state index contributed by atoms with van der Waals surface area (Å²) in [5, 5.41) is 5.13. The molecule has 0 aromatic carbocycles. The SMILES string of the molecule is COC(=O)[C@H](CSC)NC(=O)[C@@H]1CCC(=O)N1. The molecule has 2 N–H and O–H groups in total. The van der Waals surface area contributed by atoms with Crippen molar-refractivity contribution < 1.29 is 19.1 Å². The lowest BCUT2D eigenvalue weighted by Gasteiger charge is -2.17. The van der Waals surface area contributed by atoms with Crippen LogP contribution in [0.4, 0.5) is 0 Å². The molecular formula is C10H16N2O4S. The van der Waals surface area contributed by atoms with Crippen LogP contribution in [0.5, 0.6) is 0 Å². The van der Waals surface area contributed by atoms with Crippen LogP contribution in [-0.4, -0.2) is 49.0 Å². The van der Waals surface area contributed by atoms with Gasteiger partial charge in [0.2, 0.25) is 11.8 Å². The summed E-state index contributed by atoms with van der Waals surface area (Å²) in [6.07, 6.45) is 2.65. The molecule has 0 radical (unpaired) electrons. The van der Waals surface area contributed by atoms with E-state index < -0.39 is 18.1 Å². The number of methoxy groups -OCH3 is 1. The molecule has 0 unspecified atom stereocenters. The first-order valence-electron chi connectivity index (χ1n) is 5.25. The molecule has 1 rings (SSSR count). The largest absolute Gasteiger partial charge is 0.467 e. The Kier molecular flexibility index (Phi) is 5.27. The lowest BCUT2D eigenvalue weighted by molar-refractivity contribution is -0.144. The third-order valence-corrected chi connectivity index (χ3v) is 3.11. The summed E-state index contributed by atoms with van der Waals surface area (Å²) < 4.78 is 4.60. The van der Waals surface area contributed by atoms with Gasteiger partial charge in [-0.1, -0.05) is 0 Å². The number of ether oxygens (including phenoxy) is 1. The van der Waals surface area contributed by atoms with Crippen LogP contribution in [0, 0.1) is 0 Å². The van der Waals surface area contributed by atoms with Gasteiger partial charge in [-0.2, -0.15) is 11.8 Å². The van der Waals surface area contributed by atoms with E-state index in [1.54, 1.807) is 0 Å². The molecule has 0 aromatic heterocycles. The van der Waals surface area contributed by atoms with Gasteiger partial charge in [0, 0.05) is 12.2 Å². The van der Waals surface area contributed by atoms with E-state index in [1.165, 1.54) is 18.9 Å². The van der Waals surface area contributed by atoms with Crippen LogP contribution in [0.2, 0.25) is 0 Å². The van der Waals surface area contributed by atoms with Gasteiger partial charge >= 0.3 is 5.97 Å². The van der Waals surface area contributed by atoms with Crippen molar-refractivity contribution in [1.82, 2.24) is 10.6 Å². The normalized spacial score (nSPS) is 20.6. The summed E-state index contributed by atoms with van der Waals surface area (Å²) in [5.74, 6) is -0.499. The summed E-state index contributed by atoms with van der Waals surface area (Å²) in [4.78, 5) is 34.1. The van der Waals surface area contributed by atoms with Crippen LogP contribution < -0.4 is 10.6 Å². The molecule has 2 atom stereocenters. The number of thioether (sulfide) groups is 1. The average Bonchev–Trinajstić information content (AvgIpc) is 2.74. The number of hydrogen-bond acceptors (Lipinski definition) is 5. The molecule has 1 fully saturated rings. The van der Waals surface area contributed by atoms with E-state index in [0.717, 1.165) is 0 Å². The van der Waals surface area contributed by atoms with Crippen molar-refractivity contribution in [3.8, 4) is 0 Å². The monoisotopic (exact) mass is 260 g/mol. The van der Waals surface area contributed by atoms with Crippen molar-refractivity contribution in [2.45, 2.75) is 24.9 Å². The van der Waals surface area contributed by atoms with Crippen molar-refractivity contribution in [3.63, 3.8) is 0 Å². The van der Waals surface area contributed by atoms with E-state index in [0.29, 0.717) is 18.6 Å². The molecule has 2 amide bonds. The van der Waals surface area contributed by atoms with Gasteiger partial charge in [-0.3, -0.25) is 9.59 Å². The average molecular weight is 260 g/mol. The molecule has 0 aromatic rings. The zero-order chi connectivity index (χ0) is 12.8. The second kappa shape index (κ2) is 6.48. The van der Waals surface area contributed by atoms with Gasteiger partial charge < -0.3 is 15.4 Å². The maximum atomic E-state index is 11.8. The first-order chi connectivity index (χ1) is 8.08. The van der Waals surface area contributed by atoms with Gasteiger partial charge in [0.1, 0.15) is 12.1 Å². The third-order valence-electron chi connectivity index (χ3n) is 2.45. The lowest BCUT2D eigenvalue weighted by atomic mass is 10.2. The first-order valence-corrected chi connectivity index (χ1v) is 6.64. The van der Waals surface area contributed by atoms with Crippen LogP contribution in [0.1, 0.15) is 12.8 Å². The van der Waals surface area contributed by atoms with E-state index in [-0.39, 0.29) is 11.8 Å². The highest BCUT2D eigenvalue weighted by Crippen LogP contribution is 2.07. The molecule has 1 aliphatic rings. The summed E-state index contributed by atoms with van der Waals surface area (Å²) in [6, 6.07) is -1.20. The molecule has 0 saturated carbocycles. The molecular weight excluding hydrogens is 244 g/mol. The predicted octanol–water partition coefficient (Wildman–Crippen LogP) is -0.714. The minimum Gasteiger partial charge on any atom is -0.467 e. The van der Waals surface area contributed by atoms with Gasteiger partial charge in [-0.15, -0.1) is 0 Å². The summed E-state index contributed by atoms with van der Waals surface area (Å²) in [7, 11) is 1.28. The highest BCUT2D eigenvalue weighted by Gasteiger charge is 2.30. The molecule has 6 nitrogen and oxygen atoms in total. The molecule has 0 spiro atoms. The Morgan fingerprint density at radius 3 is 2.82 bits per heavy atom. The highest BCUT2D eigenvalue weighted by atomic mass is 32.2. The highest BCUT2D eigenvalue weighted by molar-refractivity contribution is 7.98. The molecule has 1 saturated heterocycles. The van der Waals surface area contributed by atoms with Crippen molar-refractivity contribution in [2.24, 2.45) is 0 Å². The Balaban J connectivity index is 2.51. The van der Waals surface area contributed by atoms with E-state index in [1.807, 2.05) is 6.26 Å².